The van der Waals surface area contributed by atoms with E-state index in [1.54, 1.807) is 18.4 Å². The van der Waals surface area contributed by atoms with Crippen molar-refractivity contribution >= 4 is 28.2 Å². The summed E-state index contributed by atoms with van der Waals surface area (Å²) in [6.07, 6.45) is 0. The highest BCUT2D eigenvalue weighted by Crippen LogP contribution is 2.17. The summed E-state index contributed by atoms with van der Waals surface area (Å²) in [7, 11) is 1.80. The van der Waals surface area contributed by atoms with Crippen LogP contribution in [0.2, 0.25) is 0 Å². The molecule has 1 atom stereocenters. The molecule has 0 aliphatic rings. The van der Waals surface area contributed by atoms with Gasteiger partial charge in [0.15, 0.2) is 5.96 Å². The number of aliphatic imine (C=N–C) groups is 1. The van der Waals surface area contributed by atoms with Crippen LogP contribution in [-0.2, 0) is 6.54 Å². The van der Waals surface area contributed by atoms with Crippen LogP contribution < -0.4 is 10.6 Å². The normalized spacial score (nSPS) is 13.2. The standard InChI is InChI=1S/C18H22N4S/c1-13(15-7-8-23-12-15)10-20-18(19-2)21-11-16-9-14-5-3-4-6-17(14)22-16/h3-9,12-13,22H,10-11H2,1-2H3,(H2,19,20,21). The number of guanidine groups is 1. The van der Waals surface area contributed by atoms with E-state index < -0.39 is 0 Å². The molecule has 2 aromatic heterocycles. The van der Waals surface area contributed by atoms with Crippen LogP contribution in [0.5, 0.6) is 0 Å². The first kappa shape index (κ1) is 15.6. The van der Waals surface area contributed by atoms with Gasteiger partial charge in [0.05, 0.1) is 6.54 Å². The van der Waals surface area contributed by atoms with Crippen molar-refractivity contribution in [3.63, 3.8) is 0 Å². The first-order valence-electron chi connectivity index (χ1n) is 7.79. The van der Waals surface area contributed by atoms with E-state index in [2.05, 4.69) is 68.6 Å². The molecule has 0 spiro atoms. The average Bonchev–Trinajstić information content (AvgIpc) is 3.24. The van der Waals surface area contributed by atoms with Crippen molar-refractivity contribution in [2.75, 3.05) is 13.6 Å². The number of hydrogen-bond donors (Lipinski definition) is 3. The molecule has 0 aliphatic carbocycles. The molecule has 23 heavy (non-hydrogen) atoms. The lowest BCUT2D eigenvalue weighted by molar-refractivity contribution is 0.699. The van der Waals surface area contributed by atoms with Gasteiger partial charge < -0.3 is 15.6 Å². The van der Waals surface area contributed by atoms with Gasteiger partial charge in [0.1, 0.15) is 0 Å². The summed E-state index contributed by atoms with van der Waals surface area (Å²) >= 11 is 1.74. The van der Waals surface area contributed by atoms with Crippen LogP contribution in [0.1, 0.15) is 24.1 Å². The molecule has 0 radical (unpaired) electrons. The summed E-state index contributed by atoms with van der Waals surface area (Å²) in [5, 5.41) is 12.3. The Bertz CT molecular complexity index is 740. The number of fused-ring (bicyclic) bond motifs is 1. The molecule has 4 nitrogen and oxygen atoms in total. The maximum Gasteiger partial charge on any atom is 0.191 e. The van der Waals surface area contributed by atoms with Crippen molar-refractivity contribution < 1.29 is 0 Å². The Morgan fingerprint density at radius 3 is 2.87 bits per heavy atom. The summed E-state index contributed by atoms with van der Waals surface area (Å²) in [4.78, 5) is 7.71. The molecule has 0 fully saturated rings. The molecule has 0 bridgehead atoms. The summed E-state index contributed by atoms with van der Waals surface area (Å²) in [6, 6.07) is 12.7. The minimum absolute atomic E-state index is 0.466. The second-order valence-corrected chi connectivity index (χ2v) is 6.43. The van der Waals surface area contributed by atoms with Crippen molar-refractivity contribution in [2.24, 2.45) is 4.99 Å². The van der Waals surface area contributed by atoms with Gasteiger partial charge in [0.2, 0.25) is 0 Å². The van der Waals surface area contributed by atoms with Crippen molar-refractivity contribution in [1.82, 2.24) is 15.6 Å². The molecule has 5 heteroatoms. The Morgan fingerprint density at radius 1 is 1.26 bits per heavy atom. The third-order valence-electron chi connectivity index (χ3n) is 3.94. The zero-order valence-corrected chi connectivity index (χ0v) is 14.3. The van der Waals surface area contributed by atoms with Crippen molar-refractivity contribution in [3.8, 4) is 0 Å². The van der Waals surface area contributed by atoms with Crippen LogP contribution in [0.3, 0.4) is 0 Å². The Balaban J connectivity index is 1.53. The SMILES string of the molecule is CN=C(NCc1cc2ccccc2[nH]1)NCC(C)c1ccsc1. The summed E-state index contributed by atoms with van der Waals surface area (Å²) in [6.45, 7) is 3.81. The van der Waals surface area contributed by atoms with Crippen LogP contribution in [0.25, 0.3) is 10.9 Å². The fraction of sp³-hybridized carbons (Fsp3) is 0.278. The van der Waals surface area contributed by atoms with E-state index in [0.29, 0.717) is 5.92 Å². The Hall–Kier alpha value is -2.27. The van der Waals surface area contributed by atoms with Crippen molar-refractivity contribution in [1.29, 1.82) is 0 Å². The van der Waals surface area contributed by atoms with Crippen LogP contribution in [0, 0.1) is 0 Å². The van der Waals surface area contributed by atoms with Gasteiger partial charge in [-0.05, 0) is 45.8 Å². The predicted octanol–water partition coefficient (Wildman–Crippen LogP) is 3.70. The van der Waals surface area contributed by atoms with E-state index in [-0.39, 0.29) is 0 Å². The summed E-state index contributed by atoms with van der Waals surface area (Å²) in [5.74, 6) is 1.29. The van der Waals surface area contributed by atoms with E-state index in [1.807, 2.05) is 6.07 Å². The van der Waals surface area contributed by atoms with Gasteiger partial charge in [0, 0.05) is 24.8 Å². The fourth-order valence-electron chi connectivity index (χ4n) is 2.55. The molecule has 3 aromatic rings. The van der Waals surface area contributed by atoms with E-state index in [1.165, 1.54) is 16.5 Å². The minimum Gasteiger partial charge on any atom is -0.357 e. The predicted molar refractivity (Wildman–Crippen MR) is 99.2 cm³/mol. The highest BCUT2D eigenvalue weighted by atomic mass is 32.1. The van der Waals surface area contributed by atoms with Crippen LogP contribution in [0.4, 0.5) is 0 Å². The number of H-pyrrole nitrogens is 1. The molecule has 1 unspecified atom stereocenters. The molecule has 2 heterocycles. The van der Waals surface area contributed by atoms with E-state index >= 15 is 0 Å². The quantitative estimate of drug-likeness (QED) is 0.495. The first-order valence-corrected chi connectivity index (χ1v) is 8.74. The number of para-hydroxylation sites is 1. The second kappa shape index (κ2) is 7.33. The highest BCUT2D eigenvalue weighted by Gasteiger charge is 2.07. The molecule has 3 rings (SSSR count). The number of aromatic amines is 1. The maximum absolute atomic E-state index is 4.29. The zero-order valence-electron chi connectivity index (χ0n) is 13.5. The zero-order chi connectivity index (χ0) is 16.1. The lowest BCUT2D eigenvalue weighted by atomic mass is 10.1. The molecule has 1 aromatic carbocycles. The molecule has 0 amide bonds. The molecular weight excluding hydrogens is 304 g/mol. The van der Waals surface area contributed by atoms with E-state index in [0.717, 1.165) is 24.7 Å². The van der Waals surface area contributed by atoms with Crippen LogP contribution in [0.15, 0.2) is 52.2 Å². The van der Waals surface area contributed by atoms with Crippen molar-refractivity contribution in [2.45, 2.75) is 19.4 Å². The largest absolute Gasteiger partial charge is 0.357 e. The third-order valence-corrected chi connectivity index (χ3v) is 4.65. The van der Waals surface area contributed by atoms with Gasteiger partial charge in [-0.1, -0.05) is 25.1 Å². The lowest BCUT2D eigenvalue weighted by Gasteiger charge is -2.15. The Labute approximate surface area is 140 Å². The minimum atomic E-state index is 0.466. The summed E-state index contributed by atoms with van der Waals surface area (Å²) < 4.78 is 0. The number of hydrogen-bond acceptors (Lipinski definition) is 2. The van der Waals surface area contributed by atoms with Gasteiger partial charge in [-0.2, -0.15) is 11.3 Å². The fourth-order valence-corrected chi connectivity index (χ4v) is 3.33. The molecule has 120 valence electrons. The highest BCUT2D eigenvalue weighted by molar-refractivity contribution is 7.07. The number of benzene rings is 1. The van der Waals surface area contributed by atoms with E-state index in [9.17, 15) is 0 Å². The van der Waals surface area contributed by atoms with Gasteiger partial charge >= 0.3 is 0 Å². The number of aromatic nitrogens is 1. The average molecular weight is 326 g/mol. The maximum atomic E-state index is 4.29. The smallest absolute Gasteiger partial charge is 0.191 e. The number of thiophene rings is 1. The molecular formula is C18H22N4S. The van der Waals surface area contributed by atoms with Gasteiger partial charge in [-0.25, -0.2) is 0 Å². The lowest BCUT2D eigenvalue weighted by Crippen LogP contribution is -2.38. The topological polar surface area (TPSA) is 52.2 Å². The molecule has 0 saturated heterocycles. The van der Waals surface area contributed by atoms with Gasteiger partial charge in [-0.15, -0.1) is 0 Å². The van der Waals surface area contributed by atoms with Crippen molar-refractivity contribution in [3.05, 3.63) is 58.4 Å². The Morgan fingerprint density at radius 2 is 2.13 bits per heavy atom. The van der Waals surface area contributed by atoms with E-state index in [4.69, 9.17) is 0 Å². The Kier molecular flexibility index (Phi) is 4.98. The van der Waals surface area contributed by atoms with Gasteiger partial charge in [0.25, 0.3) is 0 Å². The van der Waals surface area contributed by atoms with Gasteiger partial charge in [-0.3, -0.25) is 4.99 Å². The number of nitrogens with one attached hydrogen (secondary N) is 3. The molecule has 0 aliphatic heterocycles. The van der Waals surface area contributed by atoms with Crippen LogP contribution >= 0.6 is 11.3 Å². The summed E-state index contributed by atoms with van der Waals surface area (Å²) in [5.41, 5.74) is 3.69. The van der Waals surface area contributed by atoms with Crippen LogP contribution in [-0.4, -0.2) is 24.5 Å². The third kappa shape index (κ3) is 3.93. The monoisotopic (exact) mass is 326 g/mol. The number of nitrogens with zero attached hydrogens (tertiary/aromatic N) is 1. The first-order chi connectivity index (χ1) is 11.3. The molecule has 0 saturated carbocycles. The molecule has 3 N–H and O–H groups in total. The number of rotatable bonds is 5. The second-order valence-electron chi connectivity index (χ2n) is 5.65.